The fourth-order valence-electron chi connectivity index (χ4n) is 2.19. The van der Waals surface area contributed by atoms with Gasteiger partial charge < -0.3 is 4.74 Å². The van der Waals surface area contributed by atoms with Gasteiger partial charge in [-0.25, -0.2) is 17.5 Å². The summed E-state index contributed by atoms with van der Waals surface area (Å²) in [6.45, 7) is 5.80. The minimum atomic E-state index is -3.68. The van der Waals surface area contributed by atoms with Crippen LogP contribution in [0.15, 0.2) is 41.3 Å². The summed E-state index contributed by atoms with van der Waals surface area (Å²) in [5, 5.41) is 0. The standard InChI is InChI=1S/C17H20FNO3S/c1-12-4-5-13(2)16(10-12)22-9-8-19-23(20,21)17-7-6-15(18)11-14(17)3/h4-7,10-11,19H,8-9H2,1-3H3. The number of hydrogen-bond acceptors (Lipinski definition) is 3. The van der Waals surface area contributed by atoms with Gasteiger partial charge in [0.2, 0.25) is 10.0 Å². The summed E-state index contributed by atoms with van der Waals surface area (Å²) in [6, 6.07) is 9.45. The van der Waals surface area contributed by atoms with Gasteiger partial charge in [0.25, 0.3) is 0 Å². The molecule has 1 N–H and O–H groups in total. The summed E-state index contributed by atoms with van der Waals surface area (Å²) in [4.78, 5) is 0.0747. The number of ether oxygens (including phenoxy) is 1. The second-order valence-corrected chi connectivity index (χ2v) is 7.16. The van der Waals surface area contributed by atoms with E-state index in [-0.39, 0.29) is 18.0 Å². The van der Waals surface area contributed by atoms with Crippen molar-refractivity contribution >= 4 is 10.0 Å². The minimum Gasteiger partial charge on any atom is -0.492 e. The van der Waals surface area contributed by atoms with Crippen molar-refractivity contribution < 1.29 is 17.5 Å². The summed E-state index contributed by atoms with van der Waals surface area (Å²) in [7, 11) is -3.68. The molecule has 0 saturated heterocycles. The van der Waals surface area contributed by atoms with E-state index in [0.29, 0.717) is 5.56 Å². The lowest BCUT2D eigenvalue weighted by atomic mass is 10.1. The first-order valence-electron chi connectivity index (χ1n) is 7.25. The Labute approximate surface area is 136 Å². The van der Waals surface area contributed by atoms with Gasteiger partial charge in [0, 0.05) is 6.54 Å². The first kappa shape index (κ1) is 17.4. The molecule has 0 atom stereocenters. The third kappa shape index (κ3) is 4.53. The average molecular weight is 337 g/mol. The molecule has 0 radical (unpaired) electrons. The van der Waals surface area contributed by atoms with E-state index in [0.717, 1.165) is 22.9 Å². The Morgan fingerprint density at radius 3 is 2.48 bits per heavy atom. The molecule has 23 heavy (non-hydrogen) atoms. The Hall–Kier alpha value is -1.92. The second-order valence-electron chi connectivity index (χ2n) is 5.43. The second kappa shape index (κ2) is 7.10. The van der Waals surface area contributed by atoms with Crippen LogP contribution in [0.2, 0.25) is 0 Å². The summed E-state index contributed by atoms with van der Waals surface area (Å²) < 4.78 is 45.6. The number of sulfonamides is 1. The molecule has 0 fully saturated rings. The highest BCUT2D eigenvalue weighted by atomic mass is 32.2. The van der Waals surface area contributed by atoms with E-state index in [1.807, 2.05) is 32.0 Å². The smallest absolute Gasteiger partial charge is 0.240 e. The first-order chi connectivity index (χ1) is 10.8. The normalized spacial score (nSPS) is 11.5. The molecule has 0 heterocycles. The van der Waals surface area contributed by atoms with Gasteiger partial charge in [0.05, 0.1) is 4.90 Å². The predicted octanol–water partition coefficient (Wildman–Crippen LogP) is 3.11. The summed E-state index contributed by atoms with van der Waals surface area (Å²) in [6.07, 6.45) is 0. The summed E-state index contributed by atoms with van der Waals surface area (Å²) >= 11 is 0. The van der Waals surface area contributed by atoms with Crippen molar-refractivity contribution in [2.75, 3.05) is 13.2 Å². The van der Waals surface area contributed by atoms with Gasteiger partial charge in [-0.1, -0.05) is 12.1 Å². The zero-order valence-electron chi connectivity index (χ0n) is 13.4. The predicted molar refractivity (Wildman–Crippen MR) is 87.7 cm³/mol. The third-order valence-electron chi connectivity index (χ3n) is 3.42. The van der Waals surface area contributed by atoms with Crippen LogP contribution < -0.4 is 9.46 Å². The average Bonchev–Trinajstić information content (AvgIpc) is 2.46. The van der Waals surface area contributed by atoms with Crippen LogP contribution in [0.3, 0.4) is 0 Å². The van der Waals surface area contributed by atoms with E-state index in [1.165, 1.54) is 12.1 Å². The quantitative estimate of drug-likeness (QED) is 0.824. The molecular weight excluding hydrogens is 317 g/mol. The van der Waals surface area contributed by atoms with E-state index in [4.69, 9.17) is 4.74 Å². The summed E-state index contributed by atoms with van der Waals surface area (Å²) in [5.74, 6) is 0.280. The van der Waals surface area contributed by atoms with Gasteiger partial charge >= 0.3 is 0 Å². The number of hydrogen-bond donors (Lipinski definition) is 1. The minimum absolute atomic E-state index is 0.0747. The van der Waals surface area contributed by atoms with Crippen LogP contribution >= 0.6 is 0 Å². The SMILES string of the molecule is Cc1ccc(C)c(OCCNS(=O)(=O)c2ccc(F)cc2C)c1. The molecule has 0 amide bonds. The first-order valence-corrected chi connectivity index (χ1v) is 8.74. The van der Waals surface area contributed by atoms with E-state index >= 15 is 0 Å². The van der Waals surface area contributed by atoms with Crippen LogP contribution in [0.25, 0.3) is 0 Å². The van der Waals surface area contributed by atoms with Gasteiger partial charge in [-0.3, -0.25) is 0 Å². The van der Waals surface area contributed by atoms with Crippen LogP contribution in [0, 0.1) is 26.6 Å². The van der Waals surface area contributed by atoms with Crippen molar-refractivity contribution in [2.45, 2.75) is 25.7 Å². The maximum atomic E-state index is 13.1. The van der Waals surface area contributed by atoms with E-state index in [1.54, 1.807) is 6.92 Å². The van der Waals surface area contributed by atoms with E-state index in [9.17, 15) is 12.8 Å². The fourth-order valence-corrected chi connectivity index (χ4v) is 3.43. The lowest BCUT2D eigenvalue weighted by Crippen LogP contribution is -2.29. The molecule has 0 aliphatic carbocycles. The highest BCUT2D eigenvalue weighted by molar-refractivity contribution is 7.89. The Kier molecular flexibility index (Phi) is 5.38. The molecule has 2 rings (SSSR count). The third-order valence-corrected chi connectivity index (χ3v) is 5.04. The molecule has 0 saturated carbocycles. The maximum absolute atomic E-state index is 13.1. The number of nitrogens with one attached hydrogen (secondary N) is 1. The highest BCUT2D eigenvalue weighted by Crippen LogP contribution is 2.19. The Morgan fingerprint density at radius 2 is 1.78 bits per heavy atom. The monoisotopic (exact) mass is 337 g/mol. The number of aryl methyl sites for hydroxylation is 3. The van der Waals surface area contributed by atoms with Crippen molar-refractivity contribution in [3.8, 4) is 5.75 Å². The van der Waals surface area contributed by atoms with Crippen LogP contribution in [0.5, 0.6) is 5.75 Å². The van der Waals surface area contributed by atoms with Crippen molar-refractivity contribution in [1.29, 1.82) is 0 Å². The van der Waals surface area contributed by atoms with Crippen molar-refractivity contribution in [1.82, 2.24) is 4.72 Å². The maximum Gasteiger partial charge on any atom is 0.240 e. The molecule has 124 valence electrons. The number of benzene rings is 2. The molecule has 6 heteroatoms. The molecule has 0 bridgehead atoms. The Morgan fingerprint density at radius 1 is 1.04 bits per heavy atom. The molecule has 4 nitrogen and oxygen atoms in total. The number of rotatable bonds is 6. The van der Waals surface area contributed by atoms with Gasteiger partial charge in [-0.2, -0.15) is 0 Å². The van der Waals surface area contributed by atoms with Crippen molar-refractivity contribution in [3.05, 3.63) is 58.9 Å². The fraction of sp³-hybridized carbons (Fsp3) is 0.294. The summed E-state index contributed by atoms with van der Waals surface area (Å²) in [5.41, 5.74) is 2.44. The zero-order chi connectivity index (χ0) is 17.0. The zero-order valence-corrected chi connectivity index (χ0v) is 14.2. The van der Waals surface area contributed by atoms with Crippen LogP contribution in [0.1, 0.15) is 16.7 Å². The van der Waals surface area contributed by atoms with Crippen molar-refractivity contribution in [3.63, 3.8) is 0 Å². The molecule has 0 aromatic heterocycles. The van der Waals surface area contributed by atoms with Gasteiger partial charge in [0.15, 0.2) is 0 Å². The molecule has 0 aliphatic heterocycles. The lowest BCUT2D eigenvalue weighted by Gasteiger charge is -2.12. The van der Waals surface area contributed by atoms with Gasteiger partial charge in [0.1, 0.15) is 18.2 Å². The molecule has 2 aromatic rings. The van der Waals surface area contributed by atoms with E-state index in [2.05, 4.69) is 4.72 Å². The largest absolute Gasteiger partial charge is 0.492 e. The molecule has 0 aliphatic rings. The molecule has 2 aromatic carbocycles. The topological polar surface area (TPSA) is 55.4 Å². The van der Waals surface area contributed by atoms with Gasteiger partial charge in [-0.05, 0) is 61.7 Å². The van der Waals surface area contributed by atoms with Crippen LogP contribution in [0.4, 0.5) is 4.39 Å². The highest BCUT2D eigenvalue weighted by Gasteiger charge is 2.16. The van der Waals surface area contributed by atoms with Crippen LogP contribution in [-0.4, -0.2) is 21.6 Å². The molecule has 0 unspecified atom stereocenters. The molecular formula is C17H20FNO3S. The lowest BCUT2D eigenvalue weighted by molar-refractivity contribution is 0.320. The Balaban J connectivity index is 1.96. The molecule has 0 spiro atoms. The van der Waals surface area contributed by atoms with Gasteiger partial charge in [-0.15, -0.1) is 0 Å². The Bertz CT molecular complexity index is 803. The van der Waals surface area contributed by atoms with Crippen molar-refractivity contribution in [2.24, 2.45) is 0 Å². The number of halogens is 1. The van der Waals surface area contributed by atoms with Crippen LogP contribution in [-0.2, 0) is 10.0 Å². The van der Waals surface area contributed by atoms with E-state index < -0.39 is 15.8 Å².